The molecule has 0 fully saturated rings. The zero-order valence-corrected chi connectivity index (χ0v) is 7.33. The summed E-state index contributed by atoms with van der Waals surface area (Å²) in [7, 11) is 0. The molecule has 2 N–H and O–H groups in total. The molecule has 0 saturated carbocycles. The van der Waals surface area contributed by atoms with Gasteiger partial charge in [-0.05, 0) is 25.1 Å². The van der Waals surface area contributed by atoms with E-state index in [0.717, 1.165) is 17.8 Å². The minimum absolute atomic E-state index is 0.164. The van der Waals surface area contributed by atoms with Gasteiger partial charge in [0.25, 0.3) is 0 Å². The summed E-state index contributed by atoms with van der Waals surface area (Å²) in [5.41, 5.74) is 7.59. The Morgan fingerprint density at radius 1 is 1.67 bits per heavy atom. The fourth-order valence-electron chi connectivity index (χ4n) is 1.06. The Labute approximate surface area is 73.1 Å². The maximum Gasteiger partial charge on any atom is 0.0627 e. The van der Waals surface area contributed by atoms with E-state index in [1.807, 2.05) is 25.1 Å². The summed E-state index contributed by atoms with van der Waals surface area (Å²) in [6, 6.07) is 6.05. The van der Waals surface area contributed by atoms with E-state index in [1.165, 1.54) is 0 Å². The standard InChI is InChI=1S/C10H14N2/c1-3-9-5-4-6-10(12-9)7-8(2)11/h3-6,8H,1,7,11H2,2H3. The van der Waals surface area contributed by atoms with Crippen molar-refractivity contribution in [2.45, 2.75) is 19.4 Å². The maximum absolute atomic E-state index is 5.65. The van der Waals surface area contributed by atoms with Gasteiger partial charge in [0.2, 0.25) is 0 Å². The number of aromatic nitrogens is 1. The van der Waals surface area contributed by atoms with Crippen molar-refractivity contribution in [2.24, 2.45) is 5.73 Å². The quantitative estimate of drug-likeness (QED) is 0.733. The van der Waals surface area contributed by atoms with Gasteiger partial charge in [0.05, 0.1) is 5.69 Å². The number of nitrogens with zero attached hydrogens (tertiary/aromatic N) is 1. The molecular formula is C10H14N2. The third-order valence-corrected chi connectivity index (χ3v) is 1.57. The van der Waals surface area contributed by atoms with Gasteiger partial charge in [-0.1, -0.05) is 12.6 Å². The second-order valence-electron chi connectivity index (χ2n) is 2.94. The molecule has 2 nitrogen and oxygen atoms in total. The van der Waals surface area contributed by atoms with Gasteiger partial charge in [-0.25, -0.2) is 0 Å². The van der Waals surface area contributed by atoms with E-state index in [2.05, 4.69) is 11.6 Å². The molecule has 0 amide bonds. The fraction of sp³-hybridized carbons (Fsp3) is 0.300. The van der Waals surface area contributed by atoms with Crippen LogP contribution in [0.15, 0.2) is 24.8 Å². The molecule has 0 bridgehead atoms. The first-order valence-electron chi connectivity index (χ1n) is 4.06. The topological polar surface area (TPSA) is 38.9 Å². The predicted octanol–water partition coefficient (Wildman–Crippen LogP) is 1.61. The molecule has 0 saturated heterocycles. The maximum atomic E-state index is 5.65. The van der Waals surface area contributed by atoms with Crippen LogP contribution in [0.2, 0.25) is 0 Å². The summed E-state index contributed by atoms with van der Waals surface area (Å²) >= 11 is 0. The Morgan fingerprint density at radius 3 is 3.00 bits per heavy atom. The van der Waals surface area contributed by atoms with Crippen molar-refractivity contribution in [2.75, 3.05) is 0 Å². The normalized spacial score (nSPS) is 12.5. The summed E-state index contributed by atoms with van der Waals surface area (Å²) in [4.78, 5) is 4.33. The molecule has 1 heterocycles. The number of pyridine rings is 1. The molecule has 1 aromatic heterocycles. The molecule has 0 aliphatic heterocycles. The van der Waals surface area contributed by atoms with E-state index in [4.69, 9.17) is 5.73 Å². The van der Waals surface area contributed by atoms with E-state index < -0.39 is 0 Å². The Balaban J connectivity index is 2.79. The summed E-state index contributed by atoms with van der Waals surface area (Å²) in [5.74, 6) is 0. The van der Waals surface area contributed by atoms with Crippen LogP contribution in [0.4, 0.5) is 0 Å². The lowest BCUT2D eigenvalue weighted by molar-refractivity contribution is 0.721. The summed E-state index contributed by atoms with van der Waals surface area (Å²) in [5, 5.41) is 0. The van der Waals surface area contributed by atoms with Crippen LogP contribution in [0.3, 0.4) is 0 Å². The number of hydrogen-bond acceptors (Lipinski definition) is 2. The summed E-state index contributed by atoms with van der Waals surface area (Å²) in [6.07, 6.45) is 2.56. The minimum Gasteiger partial charge on any atom is -0.328 e. The van der Waals surface area contributed by atoms with Gasteiger partial charge in [-0.3, -0.25) is 4.98 Å². The van der Waals surface area contributed by atoms with Crippen LogP contribution in [0.25, 0.3) is 6.08 Å². The van der Waals surface area contributed by atoms with E-state index in [1.54, 1.807) is 6.08 Å². The molecule has 1 rings (SSSR count). The molecule has 12 heavy (non-hydrogen) atoms. The predicted molar refractivity (Wildman–Crippen MR) is 51.7 cm³/mol. The Kier molecular flexibility index (Phi) is 3.00. The van der Waals surface area contributed by atoms with Crippen LogP contribution in [0.1, 0.15) is 18.3 Å². The second kappa shape index (κ2) is 4.02. The third-order valence-electron chi connectivity index (χ3n) is 1.57. The average Bonchev–Trinajstić information content (AvgIpc) is 2.03. The first kappa shape index (κ1) is 8.94. The lowest BCUT2D eigenvalue weighted by Crippen LogP contribution is -2.18. The van der Waals surface area contributed by atoms with E-state index in [-0.39, 0.29) is 6.04 Å². The molecule has 0 aliphatic carbocycles. The van der Waals surface area contributed by atoms with Crippen LogP contribution in [0.5, 0.6) is 0 Å². The Hall–Kier alpha value is -1.15. The van der Waals surface area contributed by atoms with Crippen molar-refractivity contribution in [1.29, 1.82) is 0 Å². The highest BCUT2D eigenvalue weighted by Crippen LogP contribution is 2.02. The summed E-state index contributed by atoms with van der Waals surface area (Å²) in [6.45, 7) is 5.63. The lowest BCUT2D eigenvalue weighted by Gasteiger charge is -2.04. The number of rotatable bonds is 3. The van der Waals surface area contributed by atoms with Crippen LogP contribution in [0, 0.1) is 0 Å². The molecular weight excluding hydrogens is 148 g/mol. The molecule has 2 heteroatoms. The highest BCUT2D eigenvalue weighted by Gasteiger charge is 1.98. The highest BCUT2D eigenvalue weighted by molar-refractivity contribution is 5.41. The van der Waals surface area contributed by atoms with Crippen molar-refractivity contribution in [3.63, 3.8) is 0 Å². The highest BCUT2D eigenvalue weighted by atomic mass is 14.7. The van der Waals surface area contributed by atoms with Gasteiger partial charge in [-0.2, -0.15) is 0 Å². The zero-order chi connectivity index (χ0) is 8.97. The Bertz CT molecular complexity index is 266. The molecule has 1 aromatic rings. The van der Waals surface area contributed by atoms with Gasteiger partial charge in [0.15, 0.2) is 0 Å². The van der Waals surface area contributed by atoms with Crippen molar-refractivity contribution in [3.8, 4) is 0 Å². The van der Waals surface area contributed by atoms with Crippen LogP contribution < -0.4 is 5.73 Å². The van der Waals surface area contributed by atoms with Crippen molar-refractivity contribution in [1.82, 2.24) is 4.98 Å². The molecule has 0 radical (unpaired) electrons. The van der Waals surface area contributed by atoms with Crippen LogP contribution in [-0.4, -0.2) is 11.0 Å². The van der Waals surface area contributed by atoms with Gasteiger partial charge in [0, 0.05) is 18.2 Å². The molecule has 0 aromatic carbocycles. The SMILES string of the molecule is C=Cc1cccc(CC(C)N)n1. The van der Waals surface area contributed by atoms with Crippen molar-refractivity contribution < 1.29 is 0 Å². The molecule has 1 atom stereocenters. The minimum atomic E-state index is 0.164. The Morgan fingerprint density at radius 2 is 2.42 bits per heavy atom. The largest absolute Gasteiger partial charge is 0.328 e. The molecule has 0 spiro atoms. The van der Waals surface area contributed by atoms with Gasteiger partial charge >= 0.3 is 0 Å². The number of nitrogens with two attached hydrogens (primary N) is 1. The first-order valence-corrected chi connectivity index (χ1v) is 4.06. The smallest absolute Gasteiger partial charge is 0.0627 e. The average molecular weight is 162 g/mol. The lowest BCUT2D eigenvalue weighted by atomic mass is 10.2. The second-order valence-corrected chi connectivity index (χ2v) is 2.94. The summed E-state index contributed by atoms with van der Waals surface area (Å²) < 4.78 is 0. The number of hydrogen-bond donors (Lipinski definition) is 1. The van der Waals surface area contributed by atoms with Gasteiger partial charge in [0.1, 0.15) is 0 Å². The van der Waals surface area contributed by atoms with Gasteiger partial charge < -0.3 is 5.73 Å². The zero-order valence-electron chi connectivity index (χ0n) is 7.33. The third kappa shape index (κ3) is 2.47. The van der Waals surface area contributed by atoms with Crippen molar-refractivity contribution >= 4 is 6.08 Å². The van der Waals surface area contributed by atoms with E-state index in [9.17, 15) is 0 Å². The van der Waals surface area contributed by atoms with E-state index in [0.29, 0.717) is 0 Å². The van der Waals surface area contributed by atoms with Crippen LogP contribution >= 0.6 is 0 Å². The molecule has 1 unspecified atom stereocenters. The molecule has 0 aliphatic rings. The monoisotopic (exact) mass is 162 g/mol. The van der Waals surface area contributed by atoms with Gasteiger partial charge in [-0.15, -0.1) is 0 Å². The first-order chi connectivity index (χ1) is 5.72. The fourth-order valence-corrected chi connectivity index (χ4v) is 1.06. The van der Waals surface area contributed by atoms with Crippen LogP contribution in [-0.2, 0) is 6.42 Å². The molecule has 64 valence electrons. The van der Waals surface area contributed by atoms with Crippen molar-refractivity contribution in [3.05, 3.63) is 36.2 Å². The van der Waals surface area contributed by atoms with E-state index >= 15 is 0 Å².